The highest BCUT2D eigenvalue weighted by Gasteiger charge is 2.46. The number of carbonyl (C=O) groups excluding carboxylic acids is 2. The van der Waals surface area contributed by atoms with E-state index in [9.17, 15) is 14.7 Å². The maximum atomic E-state index is 13.0. The summed E-state index contributed by atoms with van der Waals surface area (Å²) in [6, 6.07) is 11.6. The minimum atomic E-state index is -0.776. The van der Waals surface area contributed by atoms with Gasteiger partial charge in [0.15, 0.2) is 11.5 Å². The van der Waals surface area contributed by atoms with Crippen LogP contribution in [-0.2, 0) is 14.3 Å². The number of aryl methyl sites for hydroxylation is 1. The Morgan fingerprint density at radius 2 is 1.77 bits per heavy atom. The van der Waals surface area contributed by atoms with Gasteiger partial charge in [0.05, 0.1) is 31.9 Å². The van der Waals surface area contributed by atoms with Crippen LogP contribution in [0.25, 0.3) is 5.76 Å². The largest absolute Gasteiger partial charge is 0.507 e. The number of likely N-dealkylation sites (tertiary alicyclic amines) is 1. The van der Waals surface area contributed by atoms with Gasteiger partial charge < -0.3 is 24.2 Å². The highest BCUT2D eigenvalue weighted by Crippen LogP contribution is 2.41. The third-order valence-electron chi connectivity index (χ3n) is 5.20. The molecule has 0 aromatic heterocycles. The standard InChI is InChI=1S/C24H27NO6/c1-5-31-19-14-17(10-11-18(19)30-4)21-20(22(26)16-8-6-15(2)7-9-16)23(27)24(28)25(21)12-13-29-3/h6-11,14,21,26H,5,12-13H2,1-4H3/b22-20-. The molecule has 0 radical (unpaired) electrons. The molecule has 2 aromatic carbocycles. The van der Waals surface area contributed by atoms with Crippen LogP contribution in [0.5, 0.6) is 11.5 Å². The average molecular weight is 425 g/mol. The Labute approximate surface area is 181 Å². The smallest absolute Gasteiger partial charge is 0.295 e. The summed E-state index contributed by atoms with van der Waals surface area (Å²) in [5.74, 6) is -0.581. The molecule has 1 saturated heterocycles. The van der Waals surface area contributed by atoms with Gasteiger partial charge in [0.25, 0.3) is 11.7 Å². The number of aliphatic hydroxyl groups is 1. The van der Waals surface area contributed by atoms with E-state index in [2.05, 4.69) is 0 Å². The van der Waals surface area contributed by atoms with Crippen LogP contribution >= 0.6 is 0 Å². The molecule has 0 saturated carbocycles. The van der Waals surface area contributed by atoms with Crippen LogP contribution in [0.3, 0.4) is 0 Å². The van der Waals surface area contributed by atoms with E-state index < -0.39 is 17.7 Å². The molecule has 7 heteroatoms. The molecule has 1 aliphatic heterocycles. The molecule has 0 bridgehead atoms. The van der Waals surface area contributed by atoms with Gasteiger partial charge >= 0.3 is 0 Å². The van der Waals surface area contributed by atoms with Crippen molar-refractivity contribution < 1.29 is 28.9 Å². The van der Waals surface area contributed by atoms with Crippen LogP contribution in [0.1, 0.15) is 29.7 Å². The Morgan fingerprint density at radius 3 is 2.39 bits per heavy atom. The maximum Gasteiger partial charge on any atom is 0.295 e. The SMILES string of the molecule is CCOc1cc(C2/C(=C(/O)c3ccc(C)cc3)C(=O)C(=O)N2CCOC)ccc1OC. The molecule has 1 N–H and O–H groups in total. The Morgan fingerprint density at radius 1 is 1.06 bits per heavy atom. The summed E-state index contributed by atoms with van der Waals surface area (Å²) in [6.45, 7) is 4.66. The number of amides is 1. The van der Waals surface area contributed by atoms with Crippen molar-refractivity contribution in [3.63, 3.8) is 0 Å². The second-order valence-electron chi connectivity index (χ2n) is 7.19. The molecule has 31 heavy (non-hydrogen) atoms. The first-order valence-corrected chi connectivity index (χ1v) is 10.1. The molecule has 1 amide bonds. The zero-order chi connectivity index (χ0) is 22.5. The minimum absolute atomic E-state index is 0.0394. The molecule has 164 valence electrons. The van der Waals surface area contributed by atoms with Gasteiger partial charge in [-0.1, -0.05) is 35.9 Å². The van der Waals surface area contributed by atoms with E-state index in [1.54, 1.807) is 37.4 Å². The fraction of sp³-hybridized carbons (Fsp3) is 0.333. The fourth-order valence-corrected chi connectivity index (χ4v) is 3.65. The topological polar surface area (TPSA) is 85.3 Å². The summed E-state index contributed by atoms with van der Waals surface area (Å²) in [4.78, 5) is 27.2. The summed E-state index contributed by atoms with van der Waals surface area (Å²) in [7, 11) is 3.07. The molecule has 0 spiro atoms. The van der Waals surface area contributed by atoms with Crippen LogP contribution < -0.4 is 9.47 Å². The second kappa shape index (κ2) is 9.66. The van der Waals surface area contributed by atoms with E-state index in [-0.39, 0.29) is 24.5 Å². The highest BCUT2D eigenvalue weighted by atomic mass is 16.5. The summed E-state index contributed by atoms with van der Waals surface area (Å²) in [5, 5.41) is 11.0. The first kappa shape index (κ1) is 22.4. The lowest BCUT2D eigenvalue weighted by atomic mass is 9.94. The zero-order valence-corrected chi connectivity index (χ0v) is 18.2. The maximum absolute atomic E-state index is 13.0. The van der Waals surface area contributed by atoms with Crippen molar-refractivity contribution in [2.24, 2.45) is 0 Å². The van der Waals surface area contributed by atoms with Crippen molar-refractivity contribution >= 4 is 17.4 Å². The number of rotatable bonds is 8. The molecule has 1 heterocycles. The Hall–Kier alpha value is -3.32. The van der Waals surface area contributed by atoms with Crippen molar-refractivity contribution in [1.82, 2.24) is 4.90 Å². The van der Waals surface area contributed by atoms with E-state index in [1.807, 2.05) is 26.0 Å². The Balaban J connectivity index is 2.18. The van der Waals surface area contributed by atoms with Crippen molar-refractivity contribution in [2.45, 2.75) is 19.9 Å². The van der Waals surface area contributed by atoms with E-state index in [0.29, 0.717) is 29.2 Å². The third kappa shape index (κ3) is 4.41. The number of hydrogen-bond acceptors (Lipinski definition) is 6. The summed E-state index contributed by atoms with van der Waals surface area (Å²) >= 11 is 0. The quantitative estimate of drug-likeness (QED) is 0.396. The van der Waals surface area contributed by atoms with Gasteiger partial charge in [-0.3, -0.25) is 9.59 Å². The molecule has 1 atom stereocenters. The van der Waals surface area contributed by atoms with Crippen LogP contribution in [0.4, 0.5) is 0 Å². The van der Waals surface area contributed by atoms with Crippen molar-refractivity contribution in [3.8, 4) is 11.5 Å². The summed E-state index contributed by atoms with van der Waals surface area (Å²) < 4.78 is 16.2. The molecule has 0 aliphatic carbocycles. The molecule has 2 aromatic rings. The van der Waals surface area contributed by atoms with Crippen LogP contribution in [0.15, 0.2) is 48.0 Å². The predicted molar refractivity (Wildman–Crippen MR) is 116 cm³/mol. The van der Waals surface area contributed by atoms with Crippen molar-refractivity contribution in [1.29, 1.82) is 0 Å². The number of ether oxygens (including phenoxy) is 3. The van der Waals surface area contributed by atoms with Crippen LogP contribution in [0, 0.1) is 6.92 Å². The van der Waals surface area contributed by atoms with Gasteiger partial charge in [-0.05, 0) is 31.5 Å². The molecular formula is C24H27NO6. The lowest BCUT2D eigenvalue weighted by Gasteiger charge is -2.25. The molecule has 3 rings (SSSR count). The Kier molecular flexibility index (Phi) is 6.97. The van der Waals surface area contributed by atoms with E-state index in [4.69, 9.17) is 14.2 Å². The first-order valence-electron chi connectivity index (χ1n) is 10.1. The Bertz CT molecular complexity index is 996. The number of methoxy groups -OCH3 is 2. The van der Waals surface area contributed by atoms with E-state index in [0.717, 1.165) is 5.56 Å². The average Bonchev–Trinajstić information content (AvgIpc) is 3.02. The lowest BCUT2D eigenvalue weighted by molar-refractivity contribution is -0.140. The van der Waals surface area contributed by atoms with Gasteiger partial charge in [0.1, 0.15) is 5.76 Å². The van der Waals surface area contributed by atoms with Gasteiger partial charge in [-0.15, -0.1) is 0 Å². The van der Waals surface area contributed by atoms with Crippen LogP contribution in [0.2, 0.25) is 0 Å². The second-order valence-corrected chi connectivity index (χ2v) is 7.19. The normalized spacial score (nSPS) is 17.8. The van der Waals surface area contributed by atoms with Crippen molar-refractivity contribution in [3.05, 3.63) is 64.7 Å². The number of benzene rings is 2. The van der Waals surface area contributed by atoms with E-state index >= 15 is 0 Å². The lowest BCUT2D eigenvalue weighted by Crippen LogP contribution is -2.32. The van der Waals surface area contributed by atoms with Gasteiger partial charge in [0.2, 0.25) is 0 Å². The van der Waals surface area contributed by atoms with E-state index in [1.165, 1.54) is 12.0 Å². The molecule has 7 nitrogen and oxygen atoms in total. The number of aliphatic hydroxyl groups excluding tert-OH is 1. The summed E-state index contributed by atoms with van der Waals surface area (Å²) in [5.41, 5.74) is 2.16. The van der Waals surface area contributed by atoms with Gasteiger partial charge in [0, 0.05) is 19.2 Å². The fourth-order valence-electron chi connectivity index (χ4n) is 3.65. The highest BCUT2D eigenvalue weighted by molar-refractivity contribution is 6.46. The zero-order valence-electron chi connectivity index (χ0n) is 18.2. The molecular weight excluding hydrogens is 398 g/mol. The molecule has 1 aliphatic rings. The number of hydrogen-bond donors (Lipinski definition) is 1. The number of ketones is 1. The number of carbonyl (C=O) groups is 2. The van der Waals surface area contributed by atoms with Gasteiger partial charge in [-0.25, -0.2) is 0 Å². The minimum Gasteiger partial charge on any atom is -0.507 e. The third-order valence-corrected chi connectivity index (χ3v) is 5.20. The molecule has 1 unspecified atom stereocenters. The monoisotopic (exact) mass is 425 g/mol. The molecule has 1 fully saturated rings. The van der Waals surface area contributed by atoms with Crippen molar-refractivity contribution in [2.75, 3.05) is 34.0 Å². The predicted octanol–water partition coefficient (Wildman–Crippen LogP) is 3.47. The van der Waals surface area contributed by atoms with Gasteiger partial charge in [-0.2, -0.15) is 0 Å². The van der Waals surface area contributed by atoms with Crippen LogP contribution in [-0.4, -0.2) is 55.7 Å². The summed E-state index contributed by atoms with van der Waals surface area (Å²) in [6.07, 6.45) is 0. The number of Topliss-reactive ketones (excluding diaryl/α,β-unsaturated/α-hetero) is 1. The number of nitrogens with zero attached hydrogens (tertiary/aromatic N) is 1. The first-order chi connectivity index (χ1) is 14.9.